The van der Waals surface area contributed by atoms with Crippen LogP contribution in [0, 0.1) is 5.21 Å². The Balaban J connectivity index is 1.94. The van der Waals surface area contributed by atoms with E-state index in [4.69, 9.17) is 14.2 Å². The summed E-state index contributed by atoms with van der Waals surface area (Å²) in [6.07, 6.45) is -14.9. The Morgan fingerprint density at radius 3 is 2.30 bits per heavy atom. The number of thioether (sulfide) groups is 1. The molecular weight excluding hydrogens is 542 g/mol. The molecule has 0 unspecified atom stereocenters. The normalized spacial score (nSPS) is 36.6. The van der Waals surface area contributed by atoms with Crippen LogP contribution in [0.2, 0.25) is 0 Å². The maximum atomic E-state index is 12.6. The fourth-order valence-electron chi connectivity index (χ4n) is 3.72. The minimum atomic E-state index is -5.39. The van der Waals surface area contributed by atoms with E-state index in [2.05, 4.69) is 0 Å². The van der Waals surface area contributed by atoms with Crippen molar-refractivity contribution in [3.8, 4) is 0 Å². The van der Waals surface area contributed by atoms with E-state index >= 15 is 0 Å². The van der Waals surface area contributed by atoms with E-state index < -0.39 is 99.7 Å². The SMILES string of the molecule is O=S(=O)(O)[N+]([O-])=C(C[C@@H](O[C@@H]1OC[C@@H](O)[C@@H](O)[C@@H]1O)c1ccccc1)S[C@H]1O[C@H](CO)[C@@H](O)[C@@H](O)[C@H]1O. The third-order valence-electron chi connectivity index (χ3n) is 5.80. The van der Waals surface area contributed by atoms with Gasteiger partial charge in [-0.1, -0.05) is 34.5 Å². The van der Waals surface area contributed by atoms with Crippen LogP contribution in [-0.4, -0.2) is 126 Å². The number of ether oxygens (including phenoxy) is 3. The molecule has 0 aliphatic carbocycles. The summed E-state index contributed by atoms with van der Waals surface area (Å²) in [6, 6.07) is 7.89. The largest absolute Gasteiger partial charge is 0.605 e. The summed E-state index contributed by atoms with van der Waals surface area (Å²) in [7, 11) is -5.39. The second kappa shape index (κ2) is 12.6. The molecule has 2 aliphatic heterocycles. The standard InChI is InChI=1S/C20H29NO14S2/c22-7-12-15(25)16(26)18(28)20(35-12)36-13(21(29)37(30,31)32)6-11(9-4-2-1-3-5-9)34-19-17(27)14(24)10(23)8-33-19/h1-5,10-12,14-20,22-28H,6-8H2,(H,30,31,32)/t10-,11-,12-,14-,15-,16-,17+,18-,19+,20-/m1/s1. The molecule has 0 aromatic heterocycles. The van der Waals surface area contributed by atoms with Gasteiger partial charge in [-0.15, -0.1) is 8.42 Å². The van der Waals surface area contributed by atoms with Gasteiger partial charge in [0.2, 0.25) is 5.04 Å². The Labute approximate surface area is 215 Å². The second-order valence-electron chi connectivity index (χ2n) is 8.40. The zero-order chi connectivity index (χ0) is 27.5. The first-order chi connectivity index (χ1) is 17.3. The monoisotopic (exact) mass is 571 g/mol. The van der Waals surface area contributed by atoms with Crippen LogP contribution in [0.5, 0.6) is 0 Å². The zero-order valence-corrected chi connectivity index (χ0v) is 20.7. The van der Waals surface area contributed by atoms with Crippen molar-refractivity contribution in [3.63, 3.8) is 0 Å². The van der Waals surface area contributed by atoms with Gasteiger partial charge in [0.05, 0.1) is 25.7 Å². The van der Waals surface area contributed by atoms with E-state index in [0.717, 1.165) is 0 Å². The maximum Gasteiger partial charge on any atom is 0.518 e. The highest BCUT2D eigenvalue weighted by Crippen LogP contribution is 2.34. The minimum Gasteiger partial charge on any atom is -0.605 e. The Hall–Kier alpha value is -1.45. The Bertz CT molecular complexity index is 1030. The molecule has 0 spiro atoms. The molecule has 210 valence electrons. The summed E-state index contributed by atoms with van der Waals surface area (Å²) in [6.45, 7) is -1.18. The first kappa shape index (κ1) is 30.1. The third-order valence-corrected chi connectivity index (χ3v) is 7.78. The van der Waals surface area contributed by atoms with Gasteiger partial charge in [0.1, 0.15) is 48.2 Å². The van der Waals surface area contributed by atoms with Crippen LogP contribution >= 0.6 is 11.8 Å². The Morgan fingerprint density at radius 1 is 1.05 bits per heavy atom. The molecule has 10 atom stereocenters. The molecule has 0 amide bonds. The average molecular weight is 572 g/mol. The Kier molecular flexibility index (Phi) is 10.3. The molecule has 8 N–H and O–H groups in total. The first-order valence-corrected chi connectivity index (χ1v) is 13.3. The summed E-state index contributed by atoms with van der Waals surface area (Å²) in [4.78, 5) is 0. The van der Waals surface area contributed by atoms with Gasteiger partial charge in [-0.05, 0) is 17.3 Å². The van der Waals surface area contributed by atoms with Gasteiger partial charge < -0.3 is 55.2 Å². The van der Waals surface area contributed by atoms with E-state index in [1.54, 1.807) is 18.2 Å². The zero-order valence-electron chi connectivity index (χ0n) is 19.1. The first-order valence-electron chi connectivity index (χ1n) is 11.0. The van der Waals surface area contributed by atoms with Crippen molar-refractivity contribution in [2.75, 3.05) is 13.2 Å². The highest BCUT2D eigenvalue weighted by molar-refractivity contribution is 8.14. The van der Waals surface area contributed by atoms with Crippen LogP contribution in [0.4, 0.5) is 0 Å². The number of rotatable bonds is 8. The van der Waals surface area contributed by atoms with Crippen LogP contribution in [0.25, 0.3) is 0 Å². The number of benzene rings is 1. The molecular formula is C20H29NO14S2. The van der Waals surface area contributed by atoms with Crippen molar-refractivity contribution in [1.29, 1.82) is 0 Å². The summed E-state index contributed by atoms with van der Waals surface area (Å²) >= 11 is 0.284. The molecule has 1 aromatic carbocycles. The molecule has 15 nitrogen and oxygen atoms in total. The molecule has 1 aromatic rings. The number of aliphatic hydroxyl groups excluding tert-OH is 7. The van der Waals surface area contributed by atoms with Crippen LogP contribution in [0.15, 0.2) is 30.3 Å². The molecule has 2 heterocycles. The lowest BCUT2D eigenvalue weighted by molar-refractivity contribution is -0.296. The van der Waals surface area contributed by atoms with E-state index in [0.29, 0.717) is 5.56 Å². The molecule has 0 saturated carbocycles. The fraction of sp³-hybridized carbons (Fsp3) is 0.650. The molecule has 0 bridgehead atoms. The average Bonchev–Trinajstić information content (AvgIpc) is 2.87. The maximum absolute atomic E-state index is 12.6. The Morgan fingerprint density at radius 2 is 1.70 bits per heavy atom. The molecule has 2 aliphatic rings. The van der Waals surface area contributed by atoms with E-state index in [1.807, 2.05) is 0 Å². The van der Waals surface area contributed by atoms with Gasteiger partial charge >= 0.3 is 10.3 Å². The summed E-state index contributed by atoms with van der Waals surface area (Å²) in [5.74, 6) is 0. The van der Waals surface area contributed by atoms with Gasteiger partial charge in [-0.25, -0.2) is 4.55 Å². The molecule has 0 radical (unpaired) electrons. The molecule has 17 heteroatoms. The number of aliphatic hydroxyl groups is 7. The smallest absolute Gasteiger partial charge is 0.518 e. The van der Waals surface area contributed by atoms with Crippen molar-refractivity contribution in [2.24, 2.45) is 0 Å². The number of hydrogen-bond donors (Lipinski definition) is 8. The molecule has 3 rings (SSSR count). The van der Waals surface area contributed by atoms with Gasteiger partial charge in [0, 0.05) is 0 Å². The lowest BCUT2D eigenvalue weighted by Crippen LogP contribution is -2.57. The predicted molar refractivity (Wildman–Crippen MR) is 124 cm³/mol. The summed E-state index contributed by atoms with van der Waals surface area (Å²) in [5, 5.41) is 81.5. The van der Waals surface area contributed by atoms with Crippen LogP contribution in [-0.2, 0) is 24.5 Å². The fourth-order valence-corrected chi connectivity index (χ4v) is 5.57. The van der Waals surface area contributed by atoms with E-state index in [1.165, 1.54) is 12.1 Å². The van der Waals surface area contributed by atoms with Crippen LogP contribution in [0.3, 0.4) is 0 Å². The van der Waals surface area contributed by atoms with Crippen molar-refractivity contribution in [3.05, 3.63) is 41.1 Å². The molecule has 2 saturated heterocycles. The third kappa shape index (κ3) is 7.15. The quantitative estimate of drug-likeness (QED) is 0.0382. The number of hydrogen-bond acceptors (Lipinski definition) is 14. The summed E-state index contributed by atoms with van der Waals surface area (Å²) in [5.41, 5.74) is -1.23. The van der Waals surface area contributed by atoms with Crippen molar-refractivity contribution in [1.82, 2.24) is 0 Å². The molecule has 2 fully saturated rings. The highest BCUT2D eigenvalue weighted by atomic mass is 32.2. The second-order valence-corrected chi connectivity index (χ2v) is 10.8. The lowest BCUT2D eigenvalue weighted by atomic mass is 10.0. The highest BCUT2D eigenvalue weighted by Gasteiger charge is 2.46. The van der Waals surface area contributed by atoms with Crippen LogP contribution in [0.1, 0.15) is 18.1 Å². The van der Waals surface area contributed by atoms with E-state index in [9.17, 15) is 53.9 Å². The van der Waals surface area contributed by atoms with Gasteiger partial charge in [0.25, 0.3) is 0 Å². The van der Waals surface area contributed by atoms with Gasteiger partial charge in [0.15, 0.2) is 6.29 Å². The van der Waals surface area contributed by atoms with Crippen molar-refractivity contribution in [2.45, 2.75) is 67.0 Å². The van der Waals surface area contributed by atoms with E-state index in [-0.39, 0.29) is 11.8 Å². The summed E-state index contributed by atoms with van der Waals surface area (Å²) < 4.78 is 48.4. The topological polar surface area (TPSA) is 250 Å². The lowest BCUT2D eigenvalue weighted by Gasteiger charge is -2.39. The van der Waals surface area contributed by atoms with Gasteiger partial charge in [-0.2, -0.15) is 0 Å². The van der Waals surface area contributed by atoms with Gasteiger partial charge in [-0.3, -0.25) is 0 Å². The van der Waals surface area contributed by atoms with Crippen LogP contribution < -0.4 is 0 Å². The van der Waals surface area contributed by atoms with Crippen molar-refractivity contribution < 1.29 is 67.1 Å². The molecule has 37 heavy (non-hydrogen) atoms. The minimum absolute atomic E-state index is 0.284. The van der Waals surface area contributed by atoms with Crippen molar-refractivity contribution >= 4 is 27.1 Å². The number of nitrogens with zero attached hydrogens (tertiary/aromatic N) is 1. The predicted octanol–water partition coefficient (Wildman–Crippen LogP) is -3.18.